The fourth-order valence-corrected chi connectivity index (χ4v) is 5.76. The Labute approximate surface area is 234 Å². The Bertz CT molecular complexity index is 1750. The van der Waals surface area contributed by atoms with Gasteiger partial charge in [-0.05, 0) is 72.6 Å². The number of aryl methyl sites for hydroxylation is 1. The highest BCUT2D eigenvalue weighted by Crippen LogP contribution is 2.51. The van der Waals surface area contributed by atoms with Crippen LogP contribution in [0.3, 0.4) is 0 Å². The van der Waals surface area contributed by atoms with E-state index in [4.69, 9.17) is 4.98 Å². The molecule has 7 rings (SSSR count). The summed E-state index contributed by atoms with van der Waals surface area (Å²) in [6.45, 7) is 2.03. The summed E-state index contributed by atoms with van der Waals surface area (Å²) in [5.41, 5.74) is 12.2. The van der Waals surface area contributed by atoms with Gasteiger partial charge in [0.15, 0.2) is 0 Å². The zero-order valence-corrected chi connectivity index (χ0v) is 22.5. The minimum Gasteiger partial charge on any atom is -0.341 e. The van der Waals surface area contributed by atoms with Gasteiger partial charge in [0.25, 0.3) is 0 Å². The van der Waals surface area contributed by atoms with Gasteiger partial charge in [0, 0.05) is 30.2 Å². The van der Waals surface area contributed by atoms with Gasteiger partial charge in [-0.3, -0.25) is 10.1 Å². The van der Waals surface area contributed by atoms with Crippen molar-refractivity contribution in [3.05, 3.63) is 150 Å². The van der Waals surface area contributed by atoms with Crippen molar-refractivity contribution in [2.45, 2.75) is 12.8 Å². The molecule has 1 aliphatic rings. The number of benzene rings is 4. The Morgan fingerprint density at radius 3 is 2.17 bits per heavy atom. The molecule has 0 amide bonds. The molecule has 6 aromatic rings. The molecule has 0 aliphatic carbocycles. The topological polar surface area (TPSA) is 48.1 Å². The Hall–Kier alpha value is -5.16. The van der Waals surface area contributed by atoms with Crippen LogP contribution < -0.4 is 9.80 Å². The lowest BCUT2D eigenvalue weighted by Crippen LogP contribution is -2.24. The van der Waals surface area contributed by atoms with E-state index in [1.54, 1.807) is 0 Å². The monoisotopic (exact) mass is 519 g/mol. The van der Waals surface area contributed by atoms with E-state index >= 15 is 0 Å². The number of anilines is 5. The summed E-state index contributed by atoms with van der Waals surface area (Å²) in [5.74, 6) is 0.0166. The molecular weight excluding hydrogens is 490 g/mol. The Balaban J connectivity index is 1.41. The fraction of sp³-hybridized carbons (Fsp3) is 0.0857. The third kappa shape index (κ3) is 4.12. The van der Waals surface area contributed by atoms with Crippen LogP contribution in [0.5, 0.6) is 0 Å². The number of nitrogens with one attached hydrogen (secondary N) is 1. The molecule has 0 saturated carbocycles. The molecule has 5 heteroatoms. The maximum atomic E-state index is 4.77. The van der Waals surface area contributed by atoms with Gasteiger partial charge in [-0.2, -0.15) is 5.10 Å². The first-order chi connectivity index (χ1) is 19.7. The van der Waals surface area contributed by atoms with Crippen LogP contribution in [0.2, 0.25) is 0 Å². The van der Waals surface area contributed by atoms with Crippen LogP contribution in [0.4, 0.5) is 28.4 Å². The predicted molar refractivity (Wildman–Crippen MR) is 163 cm³/mol. The van der Waals surface area contributed by atoms with Crippen LogP contribution in [-0.2, 0) is 0 Å². The summed E-state index contributed by atoms with van der Waals surface area (Å²) in [5, 5.41) is 7.62. The van der Waals surface area contributed by atoms with E-state index in [0.717, 1.165) is 51.1 Å². The summed E-state index contributed by atoms with van der Waals surface area (Å²) < 4.78 is 0. The lowest BCUT2D eigenvalue weighted by atomic mass is 9.87. The van der Waals surface area contributed by atoms with Crippen LogP contribution in [-0.4, -0.2) is 22.2 Å². The molecule has 1 N–H and O–H groups in total. The zero-order valence-electron chi connectivity index (χ0n) is 22.5. The molecule has 2 aromatic heterocycles. The lowest BCUT2D eigenvalue weighted by Gasteiger charge is -2.39. The van der Waals surface area contributed by atoms with Crippen molar-refractivity contribution in [1.82, 2.24) is 15.2 Å². The van der Waals surface area contributed by atoms with Crippen LogP contribution in [0.15, 0.2) is 128 Å². The van der Waals surface area contributed by atoms with Gasteiger partial charge in [-0.25, -0.2) is 0 Å². The molecule has 40 heavy (non-hydrogen) atoms. The molecule has 0 radical (unpaired) electrons. The molecule has 0 fully saturated rings. The Morgan fingerprint density at radius 2 is 1.40 bits per heavy atom. The molecule has 1 atom stereocenters. The molecule has 0 bridgehead atoms. The van der Waals surface area contributed by atoms with Gasteiger partial charge in [-0.1, -0.05) is 66.7 Å². The van der Waals surface area contributed by atoms with Crippen molar-refractivity contribution < 1.29 is 0 Å². The summed E-state index contributed by atoms with van der Waals surface area (Å²) >= 11 is 0. The quantitative estimate of drug-likeness (QED) is 0.248. The van der Waals surface area contributed by atoms with Crippen LogP contribution >= 0.6 is 0 Å². The number of pyridine rings is 1. The summed E-state index contributed by atoms with van der Waals surface area (Å²) in [6.07, 6.45) is 1.88. The fourth-order valence-electron chi connectivity index (χ4n) is 5.76. The van der Waals surface area contributed by atoms with Gasteiger partial charge in [0.1, 0.15) is 0 Å². The van der Waals surface area contributed by atoms with E-state index in [0.29, 0.717) is 0 Å². The first-order valence-corrected chi connectivity index (χ1v) is 13.5. The van der Waals surface area contributed by atoms with Crippen LogP contribution in [0, 0.1) is 6.92 Å². The highest BCUT2D eigenvalue weighted by atomic mass is 15.3. The molecule has 0 spiro atoms. The standard InChI is InChI=1S/C35H29N5/c1-24-21-30(38-37-24)26-18-19-32-34(23-26)40(33-17-7-6-16-31(33)39(32)2)28-14-10-13-27(22-28)35(25-11-4-3-5-12-25)29-15-8-9-20-36-29/h3-23,35H,1-2H3,(H,37,38). The Morgan fingerprint density at radius 1 is 0.650 bits per heavy atom. The van der Waals surface area contributed by atoms with E-state index in [-0.39, 0.29) is 5.92 Å². The van der Waals surface area contributed by atoms with E-state index in [2.05, 4.69) is 142 Å². The summed E-state index contributed by atoms with van der Waals surface area (Å²) in [4.78, 5) is 9.41. The molecule has 1 unspecified atom stereocenters. The number of rotatable bonds is 5. The number of fused-ring (bicyclic) bond motifs is 2. The van der Waals surface area contributed by atoms with E-state index in [1.807, 2.05) is 19.2 Å². The van der Waals surface area contributed by atoms with Crippen molar-refractivity contribution >= 4 is 28.4 Å². The van der Waals surface area contributed by atoms with Crippen LogP contribution in [0.25, 0.3) is 11.3 Å². The predicted octanol–water partition coefficient (Wildman–Crippen LogP) is 8.51. The molecule has 4 aromatic carbocycles. The lowest BCUT2D eigenvalue weighted by molar-refractivity contribution is 0.918. The number of nitrogens with zero attached hydrogens (tertiary/aromatic N) is 4. The average molecular weight is 520 g/mol. The van der Waals surface area contributed by atoms with Crippen molar-refractivity contribution in [1.29, 1.82) is 0 Å². The number of hydrogen-bond acceptors (Lipinski definition) is 4. The molecule has 194 valence electrons. The highest BCUT2D eigenvalue weighted by molar-refractivity contribution is 5.98. The van der Waals surface area contributed by atoms with Crippen molar-refractivity contribution in [2.75, 3.05) is 16.8 Å². The zero-order chi connectivity index (χ0) is 27.1. The van der Waals surface area contributed by atoms with Crippen molar-refractivity contribution in [2.24, 2.45) is 0 Å². The van der Waals surface area contributed by atoms with Gasteiger partial charge in [-0.15, -0.1) is 0 Å². The van der Waals surface area contributed by atoms with E-state index in [9.17, 15) is 0 Å². The minimum absolute atomic E-state index is 0.0166. The number of aromatic nitrogens is 3. The maximum Gasteiger partial charge on any atom is 0.0924 e. The molecule has 3 heterocycles. The maximum absolute atomic E-state index is 4.77. The normalized spacial score (nSPS) is 13.1. The van der Waals surface area contributed by atoms with E-state index in [1.165, 1.54) is 11.1 Å². The molecule has 0 saturated heterocycles. The van der Waals surface area contributed by atoms with Crippen LogP contribution in [0.1, 0.15) is 28.4 Å². The first-order valence-electron chi connectivity index (χ1n) is 13.5. The van der Waals surface area contributed by atoms with Gasteiger partial charge < -0.3 is 9.80 Å². The third-order valence-corrected chi connectivity index (χ3v) is 7.64. The average Bonchev–Trinajstić information content (AvgIpc) is 3.45. The smallest absolute Gasteiger partial charge is 0.0924 e. The molecule has 1 aliphatic heterocycles. The molecular formula is C35H29N5. The van der Waals surface area contributed by atoms with Gasteiger partial charge in [0.05, 0.1) is 40.1 Å². The first kappa shape index (κ1) is 23.9. The minimum atomic E-state index is 0.0166. The SMILES string of the molecule is Cc1cc(-c2ccc3c(c2)N(c2cccc(C(c4ccccc4)c4ccccn4)c2)c2ccccc2N3C)n[nH]1. The summed E-state index contributed by atoms with van der Waals surface area (Å²) in [6, 6.07) is 42.9. The molecule has 5 nitrogen and oxygen atoms in total. The van der Waals surface area contributed by atoms with Gasteiger partial charge >= 0.3 is 0 Å². The van der Waals surface area contributed by atoms with Crippen molar-refractivity contribution in [3.63, 3.8) is 0 Å². The Kier molecular flexibility index (Phi) is 5.90. The third-order valence-electron chi connectivity index (χ3n) is 7.64. The summed E-state index contributed by atoms with van der Waals surface area (Å²) in [7, 11) is 2.14. The number of aromatic amines is 1. The van der Waals surface area contributed by atoms with E-state index < -0.39 is 0 Å². The van der Waals surface area contributed by atoms with Gasteiger partial charge in [0.2, 0.25) is 0 Å². The second-order valence-corrected chi connectivity index (χ2v) is 10.2. The largest absolute Gasteiger partial charge is 0.341 e. The number of para-hydroxylation sites is 2. The van der Waals surface area contributed by atoms with Crippen molar-refractivity contribution in [3.8, 4) is 11.3 Å². The second kappa shape index (κ2) is 9.86. The number of hydrogen-bond donors (Lipinski definition) is 1. The number of H-pyrrole nitrogens is 1. The highest BCUT2D eigenvalue weighted by Gasteiger charge is 2.29. The second-order valence-electron chi connectivity index (χ2n) is 10.2.